The Hall–Kier alpha value is -4.78. The topological polar surface area (TPSA) is 79.9 Å². The van der Waals surface area contributed by atoms with Gasteiger partial charge in [-0.2, -0.15) is 0 Å². The fourth-order valence-corrected chi connectivity index (χ4v) is 3.89. The van der Waals surface area contributed by atoms with Crippen molar-refractivity contribution in [3.8, 4) is 17.2 Å². The van der Waals surface area contributed by atoms with Gasteiger partial charge in [0.25, 0.3) is 5.91 Å². The minimum Gasteiger partial charge on any atom is -0.497 e. The van der Waals surface area contributed by atoms with Crippen molar-refractivity contribution >= 4 is 23.3 Å². The molecular formula is C31H31N3O4. The number of nitrogens with zero attached hydrogens (tertiary/aromatic N) is 1. The van der Waals surface area contributed by atoms with Gasteiger partial charge in [0.2, 0.25) is 0 Å². The van der Waals surface area contributed by atoms with E-state index in [4.69, 9.17) is 9.47 Å². The molecule has 7 heteroatoms. The zero-order valence-electron chi connectivity index (χ0n) is 21.5. The van der Waals surface area contributed by atoms with Gasteiger partial charge in [-0.25, -0.2) is 4.79 Å². The zero-order valence-corrected chi connectivity index (χ0v) is 21.5. The van der Waals surface area contributed by atoms with E-state index in [1.54, 1.807) is 42.3 Å². The molecule has 0 unspecified atom stereocenters. The Morgan fingerprint density at radius 2 is 1.39 bits per heavy atom. The molecule has 7 nitrogen and oxygen atoms in total. The van der Waals surface area contributed by atoms with E-state index in [1.165, 1.54) is 0 Å². The smallest absolute Gasteiger partial charge is 0.326 e. The molecule has 0 saturated heterocycles. The Labute approximate surface area is 223 Å². The molecule has 0 heterocycles. The lowest BCUT2D eigenvalue weighted by Crippen LogP contribution is -2.37. The van der Waals surface area contributed by atoms with Crippen molar-refractivity contribution in [1.82, 2.24) is 5.32 Å². The normalized spacial score (nSPS) is 10.4. The van der Waals surface area contributed by atoms with Crippen LogP contribution in [0.5, 0.6) is 17.2 Å². The van der Waals surface area contributed by atoms with Crippen LogP contribution in [0.15, 0.2) is 103 Å². The molecule has 0 spiro atoms. The number of methoxy groups -OCH3 is 1. The molecule has 0 aromatic heterocycles. The number of hydrogen-bond donors (Lipinski definition) is 2. The number of amides is 3. The summed E-state index contributed by atoms with van der Waals surface area (Å²) in [6, 6.07) is 31.2. The molecule has 0 atom stereocenters. The number of ether oxygens (including phenoxy) is 2. The summed E-state index contributed by atoms with van der Waals surface area (Å²) in [5.41, 5.74) is 2.93. The minimum absolute atomic E-state index is 0.125. The quantitative estimate of drug-likeness (QED) is 0.235. The van der Waals surface area contributed by atoms with E-state index >= 15 is 0 Å². The highest BCUT2D eigenvalue weighted by molar-refractivity contribution is 6.01. The van der Waals surface area contributed by atoms with Crippen LogP contribution in [0.3, 0.4) is 0 Å². The number of hydrogen-bond acceptors (Lipinski definition) is 4. The summed E-state index contributed by atoms with van der Waals surface area (Å²) in [6.07, 6.45) is 0.565. The van der Waals surface area contributed by atoms with Gasteiger partial charge in [-0.05, 0) is 85.6 Å². The fourth-order valence-electron chi connectivity index (χ4n) is 3.89. The minimum atomic E-state index is -0.280. The highest BCUT2D eigenvalue weighted by atomic mass is 16.5. The van der Waals surface area contributed by atoms with Gasteiger partial charge in [0.15, 0.2) is 0 Å². The van der Waals surface area contributed by atoms with E-state index in [0.29, 0.717) is 47.9 Å². The number of aryl methyl sites for hydroxylation is 1. The van der Waals surface area contributed by atoms with Crippen LogP contribution in [0.1, 0.15) is 22.3 Å². The summed E-state index contributed by atoms with van der Waals surface area (Å²) in [7, 11) is 1.60. The van der Waals surface area contributed by atoms with Crippen LogP contribution in [0, 0.1) is 6.92 Å². The molecule has 0 radical (unpaired) electrons. The number of benzene rings is 4. The Morgan fingerprint density at radius 3 is 2.08 bits per heavy atom. The van der Waals surface area contributed by atoms with Crippen LogP contribution in [-0.2, 0) is 0 Å². The van der Waals surface area contributed by atoms with Crippen molar-refractivity contribution < 1.29 is 19.1 Å². The van der Waals surface area contributed by atoms with Crippen molar-refractivity contribution in [2.24, 2.45) is 0 Å². The number of rotatable bonds is 10. The van der Waals surface area contributed by atoms with Gasteiger partial charge in [0.1, 0.15) is 17.2 Å². The van der Waals surface area contributed by atoms with Crippen molar-refractivity contribution in [3.63, 3.8) is 0 Å². The number of anilines is 2. The lowest BCUT2D eigenvalue weighted by atomic mass is 10.1. The maximum Gasteiger partial charge on any atom is 0.326 e. The lowest BCUT2D eigenvalue weighted by molar-refractivity contribution is 0.0953. The van der Waals surface area contributed by atoms with E-state index < -0.39 is 0 Å². The molecule has 0 bridgehead atoms. The first-order chi connectivity index (χ1) is 18.5. The molecule has 0 saturated carbocycles. The SMILES string of the molecule is COc1ccc(NC(=O)N(CCCNC(=O)c2ccccc2C)c2ccc(Oc3ccccc3)cc2)cc1. The molecule has 0 fully saturated rings. The van der Waals surface area contributed by atoms with Crippen LogP contribution in [0.25, 0.3) is 0 Å². The molecule has 194 valence electrons. The summed E-state index contributed by atoms with van der Waals surface area (Å²) in [5, 5.41) is 5.90. The first kappa shape index (κ1) is 26.3. The van der Waals surface area contributed by atoms with Crippen LogP contribution in [0.4, 0.5) is 16.2 Å². The van der Waals surface area contributed by atoms with Gasteiger partial charge in [-0.3, -0.25) is 9.69 Å². The third-order valence-electron chi connectivity index (χ3n) is 5.95. The number of carbonyl (C=O) groups is 2. The van der Waals surface area contributed by atoms with Crippen LogP contribution >= 0.6 is 0 Å². The van der Waals surface area contributed by atoms with Crippen LogP contribution in [-0.4, -0.2) is 32.1 Å². The average Bonchev–Trinajstić information content (AvgIpc) is 2.95. The third-order valence-corrected chi connectivity index (χ3v) is 5.95. The molecule has 4 aromatic rings. The molecule has 3 amide bonds. The predicted molar refractivity (Wildman–Crippen MR) is 150 cm³/mol. The van der Waals surface area contributed by atoms with E-state index in [2.05, 4.69) is 10.6 Å². The second kappa shape index (κ2) is 13.0. The van der Waals surface area contributed by atoms with Crippen molar-refractivity contribution in [3.05, 3.63) is 114 Å². The molecule has 2 N–H and O–H groups in total. The summed E-state index contributed by atoms with van der Waals surface area (Å²) in [5.74, 6) is 1.98. The van der Waals surface area contributed by atoms with Gasteiger partial charge >= 0.3 is 6.03 Å². The van der Waals surface area contributed by atoms with Crippen molar-refractivity contribution in [1.29, 1.82) is 0 Å². The Morgan fingerprint density at radius 1 is 0.763 bits per heavy atom. The van der Waals surface area contributed by atoms with E-state index in [-0.39, 0.29) is 11.9 Å². The highest BCUT2D eigenvalue weighted by Gasteiger charge is 2.17. The van der Waals surface area contributed by atoms with Gasteiger partial charge in [0, 0.05) is 30.0 Å². The van der Waals surface area contributed by atoms with Gasteiger partial charge in [-0.15, -0.1) is 0 Å². The summed E-state index contributed by atoms with van der Waals surface area (Å²) in [6.45, 7) is 2.73. The number of urea groups is 1. The number of para-hydroxylation sites is 1. The van der Waals surface area contributed by atoms with Crippen LogP contribution < -0.4 is 25.0 Å². The highest BCUT2D eigenvalue weighted by Crippen LogP contribution is 2.25. The number of carbonyl (C=O) groups excluding carboxylic acids is 2. The zero-order chi connectivity index (χ0) is 26.7. The lowest BCUT2D eigenvalue weighted by Gasteiger charge is -2.24. The maximum atomic E-state index is 13.3. The summed E-state index contributed by atoms with van der Waals surface area (Å²) in [4.78, 5) is 27.5. The van der Waals surface area contributed by atoms with Gasteiger partial charge in [0.05, 0.1) is 7.11 Å². The largest absolute Gasteiger partial charge is 0.497 e. The Balaban J connectivity index is 1.43. The Bertz CT molecular complexity index is 1340. The maximum absolute atomic E-state index is 13.3. The van der Waals surface area contributed by atoms with E-state index in [0.717, 1.165) is 11.3 Å². The summed E-state index contributed by atoms with van der Waals surface area (Å²) >= 11 is 0. The molecule has 0 aliphatic carbocycles. The molecule has 4 rings (SSSR count). The fraction of sp³-hybridized carbons (Fsp3) is 0.161. The summed E-state index contributed by atoms with van der Waals surface area (Å²) < 4.78 is 11.1. The second-order valence-electron chi connectivity index (χ2n) is 8.64. The standard InChI is InChI=1S/C31H31N3O4/c1-23-9-6-7-12-29(23)30(35)32-21-8-22-34(31(36)33-24-13-17-26(37-2)18-14-24)25-15-19-28(20-16-25)38-27-10-4-3-5-11-27/h3-7,9-20H,8,21-22H2,1-2H3,(H,32,35)(H,33,36). The molecular weight excluding hydrogens is 478 g/mol. The van der Waals surface area contributed by atoms with Crippen LogP contribution in [0.2, 0.25) is 0 Å². The van der Waals surface area contributed by atoms with Gasteiger partial charge < -0.3 is 20.1 Å². The average molecular weight is 510 g/mol. The van der Waals surface area contributed by atoms with Gasteiger partial charge in [-0.1, -0.05) is 36.4 Å². The monoisotopic (exact) mass is 509 g/mol. The first-order valence-corrected chi connectivity index (χ1v) is 12.4. The first-order valence-electron chi connectivity index (χ1n) is 12.4. The van der Waals surface area contributed by atoms with Crippen molar-refractivity contribution in [2.45, 2.75) is 13.3 Å². The number of nitrogens with one attached hydrogen (secondary N) is 2. The van der Waals surface area contributed by atoms with E-state index in [9.17, 15) is 9.59 Å². The molecule has 4 aromatic carbocycles. The van der Waals surface area contributed by atoms with E-state index in [1.807, 2.05) is 79.7 Å². The molecule has 0 aliphatic heterocycles. The Kier molecular flexibility index (Phi) is 8.97. The van der Waals surface area contributed by atoms with Crippen molar-refractivity contribution in [2.75, 3.05) is 30.4 Å². The second-order valence-corrected chi connectivity index (χ2v) is 8.64. The third kappa shape index (κ3) is 7.13. The predicted octanol–water partition coefficient (Wildman–Crippen LogP) is 6.65. The molecule has 0 aliphatic rings. The molecule has 38 heavy (non-hydrogen) atoms.